The molecule has 8 heteroatoms. The van der Waals surface area contributed by atoms with Crippen molar-refractivity contribution in [1.82, 2.24) is 0 Å². The van der Waals surface area contributed by atoms with Crippen molar-refractivity contribution in [2.24, 2.45) is 16.5 Å². The highest BCUT2D eigenvalue weighted by Gasteiger charge is 2.10. The van der Waals surface area contributed by atoms with Crippen LogP contribution in [-0.4, -0.2) is 24.5 Å². The van der Waals surface area contributed by atoms with Crippen LogP contribution in [0.1, 0.15) is 27.6 Å². The van der Waals surface area contributed by atoms with Crippen molar-refractivity contribution in [2.45, 2.75) is 6.92 Å². The molecule has 2 aromatic rings. The summed E-state index contributed by atoms with van der Waals surface area (Å²) >= 11 is 0. The van der Waals surface area contributed by atoms with Crippen LogP contribution in [-0.2, 0) is 4.74 Å². The Hall–Kier alpha value is -3.06. The molecule has 4 N–H and O–H groups in total. The fourth-order valence-electron chi connectivity index (χ4n) is 1.86. The molecule has 0 bridgehead atoms. The minimum atomic E-state index is -0.532. The number of aliphatic imine (C=N–C) groups is 1. The molecular formula is C17H18ClN3O4. The van der Waals surface area contributed by atoms with Gasteiger partial charge in [0.1, 0.15) is 5.75 Å². The van der Waals surface area contributed by atoms with Gasteiger partial charge in [-0.05, 0) is 55.5 Å². The molecule has 0 aromatic heterocycles. The highest BCUT2D eigenvalue weighted by molar-refractivity contribution is 5.92. The Kier molecular flexibility index (Phi) is 7.43. The fourth-order valence-corrected chi connectivity index (χ4v) is 1.86. The molecule has 7 nitrogen and oxygen atoms in total. The SMILES string of the molecule is CCOC(=O)c1ccc(OC(=O)c2ccc(N=C(N)N)cc2)cc1.Cl. The van der Waals surface area contributed by atoms with Crippen molar-refractivity contribution in [3.8, 4) is 5.75 Å². The summed E-state index contributed by atoms with van der Waals surface area (Å²) in [6, 6.07) is 12.4. The van der Waals surface area contributed by atoms with Crippen molar-refractivity contribution in [2.75, 3.05) is 6.61 Å². The van der Waals surface area contributed by atoms with Crippen molar-refractivity contribution in [3.05, 3.63) is 59.7 Å². The van der Waals surface area contributed by atoms with Gasteiger partial charge >= 0.3 is 11.9 Å². The number of carbonyl (C=O) groups excluding carboxylic acids is 2. The quantitative estimate of drug-likeness (QED) is 0.364. The third kappa shape index (κ3) is 5.82. The lowest BCUT2D eigenvalue weighted by atomic mass is 10.2. The molecule has 0 spiro atoms. The monoisotopic (exact) mass is 363 g/mol. The number of halogens is 1. The topological polar surface area (TPSA) is 117 Å². The van der Waals surface area contributed by atoms with E-state index in [2.05, 4.69) is 4.99 Å². The predicted octanol–water partition coefficient (Wildman–Crippen LogP) is 2.41. The third-order valence-corrected chi connectivity index (χ3v) is 2.94. The Morgan fingerprint density at radius 3 is 1.96 bits per heavy atom. The van der Waals surface area contributed by atoms with Gasteiger partial charge in [-0.25, -0.2) is 14.6 Å². The van der Waals surface area contributed by atoms with E-state index in [1.807, 2.05) is 0 Å². The maximum Gasteiger partial charge on any atom is 0.343 e. The standard InChI is InChI=1S/C17H17N3O4.ClH/c1-2-23-15(21)11-5-9-14(10-6-11)24-16(22)12-3-7-13(8-4-12)20-17(18)19;/h3-10H,2H2,1H3,(H4,18,19,20);1H. The van der Waals surface area contributed by atoms with E-state index in [9.17, 15) is 9.59 Å². The lowest BCUT2D eigenvalue weighted by Gasteiger charge is -2.06. The highest BCUT2D eigenvalue weighted by Crippen LogP contribution is 2.17. The van der Waals surface area contributed by atoms with Gasteiger partial charge < -0.3 is 20.9 Å². The van der Waals surface area contributed by atoms with E-state index in [0.29, 0.717) is 29.2 Å². The van der Waals surface area contributed by atoms with Crippen molar-refractivity contribution < 1.29 is 19.1 Å². The molecule has 0 saturated carbocycles. The fraction of sp³-hybridized carbons (Fsp3) is 0.118. The van der Waals surface area contributed by atoms with Crippen LogP contribution in [0.5, 0.6) is 5.75 Å². The molecule has 132 valence electrons. The Labute approximate surface area is 151 Å². The molecule has 2 aromatic carbocycles. The molecule has 0 atom stereocenters. The van der Waals surface area contributed by atoms with Crippen LogP contribution in [0.4, 0.5) is 5.69 Å². The number of ether oxygens (including phenoxy) is 2. The second-order valence-electron chi connectivity index (χ2n) is 4.72. The Morgan fingerprint density at radius 1 is 0.920 bits per heavy atom. The number of rotatable bonds is 5. The average molecular weight is 364 g/mol. The molecular weight excluding hydrogens is 346 g/mol. The van der Waals surface area contributed by atoms with Crippen molar-refractivity contribution in [3.63, 3.8) is 0 Å². The van der Waals surface area contributed by atoms with E-state index in [0.717, 1.165) is 0 Å². The van der Waals surface area contributed by atoms with Gasteiger partial charge in [0.25, 0.3) is 0 Å². The second-order valence-corrected chi connectivity index (χ2v) is 4.72. The predicted molar refractivity (Wildman–Crippen MR) is 96.5 cm³/mol. The average Bonchev–Trinajstić information content (AvgIpc) is 2.56. The molecule has 0 heterocycles. The number of benzene rings is 2. The first kappa shape index (κ1) is 20.0. The van der Waals surface area contributed by atoms with Gasteiger partial charge in [0.15, 0.2) is 5.96 Å². The molecule has 2 rings (SSSR count). The Morgan fingerprint density at radius 2 is 1.44 bits per heavy atom. The van der Waals surface area contributed by atoms with Crippen molar-refractivity contribution >= 4 is 36.0 Å². The second kappa shape index (κ2) is 9.29. The molecule has 0 aliphatic rings. The summed E-state index contributed by atoms with van der Waals surface area (Å²) in [5, 5.41) is 0. The summed E-state index contributed by atoms with van der Waals surface area (Å²) in [5.41, 5.74) is 11.8. The lowest BCUT2D eigenvalue weighted by Crippen LogP contribution is -2.21. The number of hydrogen-bond acceptors (Lipinski definition) is 5. The highest BCUT2D eigenvalue weighted by atomic mass is 35.5. The molecule has 0 aliphatic heterocycles. The lowest BCUT2D eigenvalue weighted by molar-refractivity contribution is 0.0526. The van der Waals surface area contributed by atoms with Gasteiger partial charge in [-0.1, -0.05) is 0 Å². The van der Waals surface area contributed by atoms with Gasteiger partial charge in [-0.3, -0.25) is 0 Å². The van der Waals surface area contributed by atoms with Gasteiger partial charge in [0, 0.05) is 0 Å². The van der Waals surface area contributed by atoms with Crippen LogP contribution in [0.3, 0.4) is 0 Å². The number of carbonyl (C=O) groups is 2. The van der Waals surface area contributed by atoms with Gasteiger partial charge in [0.05, 0.1) is 23.4 Å². The molecule has 0 aliphatic carbocycles. The smallest absolute Gasteiger partial charge is 0.343 e. The maximum absolute atomic E-state index is 12.1. The molecule has 0 saturated heterocycles. The van der Waals surface area contributed by atoms with E-state index in [1.165, 1.54) is 24.3 Å². The maximum atomic E-state index is 12.1. The van der Waals surface area contributed by atoms with Crippen LogP contribution < -0.4 is 16.2 Å². The zero-order valence-corrected chi connectivity index (χ0v) is 14.3. The Balaban J connectivity index is 0.00000312. The Bertz CT molecular complexity index is 754. The van der Waals surface area contributed by atoms with E-state index in [1.54, 1.807) is 31.2 Å². The number of esters is 2. The first-order valence-corrected chi connectivity index (χ1v) is 7.18. The van der Waals surface area contributed by atoms with Crippen LogP contribution >= 0.6 is 12.4 Å². The summed E-state index contributed by atoms with van der Waals surface area (Å²) in [5.74, 6) is -0.700. The van der Waals surface area contributed by atoms with Gasteiger partial charge in [-0.2, -0.15) is 0 Å². The zero-order valence-electron chi connectivity index (χ0n) is 13.5. The number of nitrogens with two attached hydrogens (primary N) is 2. The summed E-state index contributed by atoms with van der Waals surface area (Å²) in [6.45, 7) is 2.03. The number of nitrogens with zero attached hydrogens (tertiary/aromatic N) is 1. The van der Waals surface area contributed by atoms with Crippen LogP contribution in [0.2, 0.25) is 0 Å². The van der Waals surface area contributed by atoms with Crippen LogP contribution in [0, 0.1) is 0 Å². The minimum absolute atomic E-state index is 0. The molecule has 0 fully saturated rings. The largest absolute Gasteiger partial charge is 0.462 e. The molecule has 0 radical (unpaired) electrons. The summed E-state index contributed by atoms with van der Waals surface area (Å²) < 4.78 is 10.1. The first-order valence-electron chi connectivity index (χ1n) is 7.18. The van der Waals surface area contributed by atoms with E-state index < -0.39 is 11.9 Å². The van der Waals surface area contributed by atoms with Gasteiger partial charge in [0.2, 0.25) is 0 Å². The first-order chi connectivity index (χ1) is 11.5. The van der Waals surface area contributed by atoms with Crippen LogP contribution in [0.25, 0.3) is 0 Å². The molecule has 25 heavy (non-hydrogen) atoms. The minimum Gasteiger partial charge on any atom is -0.462 e. The van der Waals surface area contributed by atoms with E-state index in [-0.39, 0.29) is 18.4 Å². The summed E-state index contributed by atoms with van der Waals surface area (Å²) in [6.07, 6.45) is 0. The normalized spacial score (nSPS) is 9.48. The van der Waals surface area contributed by atoms with Gasteiger partial charge in [-0.15, -0.1) is 12.4 Å². The molecule has 0 amide bonds. The number of hydrogen-bond donors (Lipinski definition) is 2. The summed E-state index contributed by atoms with van der Waals surface area (Å²) in [4.78, 5) is 27.5. The van der Waals surface area contributed by atoms with Crippen molar-refractivity contribution in [1.29, 1.82) is 0 Å². The zero-order chi connectivity index (χ0) is 17.5. The summed E-state index contributed by atoms with van der Waals surface area (Å²) in [7, 11) is 0. The third-order valence-electron chi connectivity index (χ3n) is 2.94. The molecule has 0 unspecified atom stereocenters. The van der Waals surface area contributed by atoms with E-state index in [4.69, 9.17) is 20.9 Å². The van der Waals surface area contributed by atoms with Crippen LogP contribution in [0.15, 0.2) is 53.5 Å². The van der Waals surface area contributed by atoms with E-state index >= 15 is 0 Å². The number of guanidine groups is 1.